The number of anilines is 2. The van der Waals surface area contributed by atoms with Crippen LogP contribution in [0.25, 0.3) is 11.1 Å². The molecule has 0 aliphatic carbocycles. The highest BCUT2D eigenvalue weighted by Crippen LogP contribution is 2.25. The number of pyridine rings is 2. The van der Waals surface area contributed by atoms with E-state index in [1.807, 2.05) is 19.2 Å². The number of aryl methyl sites for hydroxylation is 1. The highest BCUT2D eigenvalue weighted by molar-refractivity contribution is 5.65. The monoisotopic (exact) mass is 298 g/mol. The van der Waals surface area contributed by atoms with E-state index >= 15 is 0 Å². The van der Waals surface area contributed by atoms with Crippen molar-refractivity contribution in [3.8, 4) is 11.1 Å². The van der Waals surface area contributed by atoms with Crippen molar-refractivity contribution >= 4 is 11.6 Å². The van der Waals surface area contributed by atoms with E-state index in [4.69, 9.17) is 5.73 Å². The van der Waals surface area contributed by atoms with Crippen molar-refractivity contribution in [3.05, 3.63) is 36.2 Å². The van der Waals surface area contributed by atoms with Crippen molar-refractivity contribution in [1.82, 2.24) is 9.97 Å². The molecule has 0 atom stereocenters. The van der Waals surface area contributed by atoms with Gasteiger partial charge in [-0.1, -0.05) is 0 Å². The second kappa shape index (κ2) is 6.32. The first-order valence-electron chi connectivity index (χ1n) is 7.71. The average molecular weight is 298 g/mol. The minimum absolute atomic E-state index is 0.295. The van der Waals surface area contributed by atoms with Gasteiger partial charge in [-0.25, -0.2) is 9.97 Å². The highest BCUT2D eigenvalue weighted by Gasteiger charge is 2.19. The number of nitrogens with two attached hydrogens (primary N) is 1. The van der Waals surface area contributed by atoms with Gasteiger partial charge in [0.25, 0.3) is 0 Å². The first-order chi connectivity index (χ1) is 10.7. The molecule has 0 spiro atoms. The predicted octanol–water partition coefficient (Wildman–Crippen LogP) is 2.24. The number of rotatable bonds is 3. The standard InChI is InChI=1S/C17H22N4O/c1-12-8-15(10-20-17(12)18)14-2-3-16(19-9-14)21-6-4-13(11-22)5-7-21/h2-3,8-10,13,22H,4-7,11H2,1H3,(H2,18,20). The van der Waals surface area contributed by atoms with Gasteiger partial charge in [0.15, 0.2) is 0 Å². The summed E-state index contributed by atoms with van der Waals surface area (Å²) < 4.78 is 0. The maximum atomic E-state index is 9.20. The summed E-state index contributed by atoms with van der Waals surface area (Å²) in [5.41, 5.74) is 8.82. The van der Waals surface area contributed by atoms with Crippen LogP contribution in [-0.4, -0.2) is 34.8 Å². The quantitative estimate of drug-likeness (QED) is 0.909. The van der Waals surface area contributed by atoms with Crippen molar-refractivity contribution in [1.29, 1.82) is 0 Å². The Labute approximate surface area is 130 Å². The van der Waals surface area contributed by atoms with Gasteiger partial charge >= 0.3 is 0 Å². The molecule has 3 heterocycles. The van der Waals surface area contributed by atoms with E-state index in [1.54, 1.807) is 6.20 Å². The van der Waals surface area contributed by atoms with Gasteiger partial charge in [-0.05, 0) is 49.4 Å². The van der Waals surface area contributed by atoms with Gasteiger partial charge in [-0.3, -0.25) is 0 Å². The van der Waals surface area contributed by atoms with Crippen molar-refractivity contribution in [2.24, 2.45) is 5.92 Å². The average Bonchev–Trinajstić information content (AvgIpc) is 2.58. The summed E-state index contributed by atoms with van der Waals surface area (Å²) in [5, 5.41) is 9.20. The van der Waals surface area contributed by atoms with Gasteiger partial charge in [0, 0.05) is 43.2 Å². The Balaban J connectivity index is 1.74. The van der Waals surface area contributed by atoms with E-state index in [2.05, 4.69) is 27.0 Å². The molecule has 3 N–H and O–H groups in total. The van der Waals surface area contributed by atoms with Crippen LogP contribution in [0.4, 0.5) is 11.6 Å². The molecule has 2 aromatic heterocycles. The van der Waals surface area contributed by atoms with Crippen molar-refractivity contribution < 1.29 is 5.11 Å². The summed E-state index contributed by atoms with van der Waals surface area (Å²) in [6.07, 6.45) is 5.73. The number of hydrogen-bond donors (Lipinski definition) is 2. The lowest BCUT2D eigenvalue weighted by molar-refractivity contribution is 0.203. The van der Waals surface area contributed by atoms with Crippen LogP contribution in [0.15, 0.2) is 30.6 Å². The normalized spacial score (nSPS) is 16.0. The van der Waals surface area contributed by atoms with Crippen LogP contribution >= 0.6 is 0 Å². The fraction of sp³-hybridized carbons (Fsp3) is 0.412. The van der Waals surface area contributed by atoms with E-state index < -0.39 is 0 Å². The summed E-state index contributed by atoms with van der Waals surface area (Å²) in [4.78, 5) is 11.1. The van der Waals surface area contributed by atoms with Crippen LogP contribution in [0, 0.1) is 12.8 Å². The van der Waals surface area contributed by atoms with Gasteiger partial charge in [0.2, 0.25) is 0 Å². The smallest absolute Gasteiger partial charge is 0.128 e. The number of nitrogen functional groups attached to an aromatic ring is 1. The minimum Gasteiger partial charge on any atom is -0.396 e. The Hall–Kier alpha value is -2.14. The second-order valence-electron chi connectivity index (χ2n) is 5.94. The van der Waals surface area contributed by atoms with Gasteiger partial charge in [0.05, 0.1) is 0 Å². The molecule has 5 nitrogen and oxygen atoms in total. The molecule has 0 aromatic carbocycles. The fourth-order valence-corrected chi connectivity index (χ4v) is 2.83. The fourth-order valence-electron chi connectivity index (χ4n) is 2.83. The maximum absolute atomic E-state index is 9.20. The zero-order valence-corrected chi connectivity index (χ0v) is 12.9. The zero-order chi connectivity index (χ0) is 15.5. The van der Waals surface area contributed by atoms with Gasteiger partial charge < -0.3 is 15.7 Å². The Morgan fingerprint density at radius 1 is 1.18 bits per heavy atom. The van der Waals surface area contributed by atoms with Crippen LogP contribution in [0.3, 0.4) is 0 Å². The zero-order valence-electron chi connectivity index (χ0n) is 12.9. The highest BCUT2D eigenvalue weighted by atomic mass is 16.3. The summed E-state index contributed by atoms with van der Waals surface area (Å²) >= 11 is 0. The number of piperidine rings is 1. The van der Waals surface area contributed by atoms with Crippen LogP contribution in [0.5, 0.6) is 0 Å². The Kier molecular flexibility index (Phi) is 4.24. The second-order valence-corrected chi connectivity index (χ2v) is 5.94. The molecule has 2 aromatic rings. The van der Waals surface area contributed by atoms with E-state index in [-0.39, 0.29) is 0 Å². The molecule has 3 rings (SSSR count). The molecule has 0 radical (unpaired) electrons. The number of aliphatic hydroxyl groups is 1. The number of hydrogen-bond acceptors (Lipinski definition) is 5. The first-order valence-corrected chi connectivity index (χ1v) is 7.71. The molecule has 1 saturated heterocycles. The molecular weight excluding hydrogens is 276 g/mol. The largest absolute Gasteiger partial charge is 0.396 e. The van der Waals surface area contributed by atoms with E-state index in [9.17, 15) is 5.11 Å². The van der Waals surface area contributed by atoms with Crippen LogP contribution in [-0.2, 0) is 0 Å². The molecule has 116 valence electrons. The lowest BCUT2D eigenvalue weighted by atomic mass is 9.98. The molecular formula is C17H22N4O. The van der Waals surface area contributed by atoms with Crippen molar-refractivity contribution in [2.45, 2.75) is 19.8 Å². The van der Waals surface area contributed by atoms with Crippen LogP contribution in [0.2, 0.25) is 0 Å². The third kappa shape index (κ3) is 3.04. The van der Waals surface area contributed by atoms with Gasteiger partial charge in [-0.2, -0.15) is 0 Å². The van der Waals surface area contributed by atoms with Crippen LogP contribution in [0.1, 0.15) is 18.4 Å². The Morgan fingerprint density at radius 2 is 1.91 bits per heavy atom. The molecule has 1 aliphatic rings. The first kappa shape index (κ1) is 14.8. The third-order valence-electron chi connectivity index (χ3n) is 4.40. The molecule has 5 heteroatoms. The summed E-state index contributed by atoms with van der Waals surface area (Å²) in [6, 6.07) is 6.17. The van der Waals surface area contributed by atoms with E-state index in [1.165, 1.54) is 0 Å². The number of aromatic nitrogens is 2. The van der Waals surface area contributed by atoms with Gasteiger partial charge in [-0.15, -0.1) is 0 Å². The summed E-state index contributed by atoms with van der Waals surface area (Å²) in [7, 11) is 0. The Bertz CT molecular complexity index is 634. The van der Waals surface area contributed by atoms with Crippen molar-refractivity contribution in [2.75, 3.05) is 30.3 Å². The molecule has 0 saturated carbocycles. The minimum atomic E-state index is 0.295. The van der Waals surface area contributed by atoms with Crippen LogP contribution < -0.4 is 10.6 Å². The lowest BCUT2D eigenvalue weighted by Gasteiger charge is -2.32. The topological polar surface area (TPSA) is 75.3 Å². The van der Waals surface area contributed by atoms with Crippen molar-refractivity contribution in [3.63, 3.8) is 0 Å². The van der Waals surface area contributed by atoms with E-state index in [0.29, 0.717) is 18.3 Å². The Morgan fingerprint density at radius 3 is 2.50 bits per heavy atom. The molecule has 0 unspecified atom stereocenters. The molecule has 1 fully saturated rings. The predicted molar refractivity (Wildman–Crippen MR) is 88.6 cm³/mol. The molecule has 0 bridgehead atoms. The number of nitrogens with zero attached hydrogens (tertiary/aromatic N) is 3. The molecule has 0 amide bonds. The van der Waals surface area contributed by atoms with E-state index in [0.717, 1.165) is 48.4 Å². The third-order valence-corrected chi connectivity index (χ3v) is 4.40. The summed E-state index contributed by atoms with van der Waals surface area (Å²) in [6.45, 7) is 4.17. The number of aliphatic hydroxyl groups excluding tert-OH is 1. The molecule has 1 aliphatic heterocycles. The SMILES string of the molecule is Cc1cc(-c2ccc(N3CCC(CO)CC3)nc2)cnc1N. The van der Waals surface area contributed by atoms with Gasteiger partial charge in [0.1, 0.15) is 11.6 Å². The maximum Gasteiger partial charge on any atom is 0.128 e. The molecule has 22 heavy (non-hydrogen) atoms. The lowest BCUT2D eigenvalue weighted by Crippen LogP contribution is -2.35. The summed E-state index contributed by atoms with van der Waals surface area (Å²) in [5.74, 6) is 2.01.